The molecule has 6 rings (SSSR count). The maximum atomic E-state index is 13.6. The summed E-state index contributed by atoms with van der Waals surface area (Å²) in [6, 6.07) is 11.3. The van der Waals surface area contributed by atoms with E-state index < -0.39 is 11.9 Å². The number of carboxylic acids is 1. The maximum Gasteiger partial charge on any atom is 0.305 e. The number of piperazine rings is 1. The van der Waals surface area contributed by atoms with E-state index in [2.05, 4.69) is 9.80 Å². The van der Waals surface area contributed by atoms with Gasteiger partial charge in [-0.3, -0.25) is 28.6 Å². The summed E-state index contributed by atoms with van der Waals surface area (Å²) >= 11 is 6.39. The van der Waals surface area contributed by atoms with Crippen LogP contribution in [-0.2, 0) is 16.1 Å². The second-order valence-electron chi connectivity index (χ2n) is 9.51. The summed E-state index contributed by atoms with van der Waals surface area (Å²) in [7, 11) is 0. The molecule has 0 unspecified atom stereocenters. The van der Waals surface area contributed by atoms with Crippen LogP contribution in [0.1, 0.15) is 17.5 Å². The SMILES string of the molecule is O=C(O)CCN1C(=O)C(=Cc2c(N3CCN(Cc4ccc5c(c4)OCO5)CC3)nc3ccccn3c2=O)SC1=S. The molecular weight excluding hydrogens is 554 g/mol. The second kappa shape index (κ2) is 10.9. The van der Waals surface area contributed by atoms with Gasteiger partial charge in [-0.15, -0.1) is 0 Å². The number of carbonyl (C=O) groups is 2. The van der Waals surface area contributed by atoms with Gasteiger partial charge in [0.25, 0.3) is 11.5 Å². The molecular formula is C27H25N5O6S2. The van der Waals surface area contributed by atoms with Gasteiger partial charge >= 0.3 is 5.97 Å². The molecule has 40 heavy (non-hydrogen) atoms. The lowest BCUT2D eigenvalue weighted by Crippen LogP contribution is -2.47. The van der Waals surface area contributed by atoms with E-state index in [1.54, 1.807) is 24.4 Å². The number of nitrogens with zero attached hydrogens (tertiary/aromatic N) is 5. The highest BCUT2D eigenvalue weighted by atomic mass is 32.2. The molecule has 0 radical (unpaired) electrons. The summed E-state index contributed by atoms with van der Waals surface area (Å²) in [6.45, 7) is 3.75. The first-order valence-corrected chi connectivity index (χ1v) is 13.9. The highest BCUT2D eigenvalue weighted by Gasteiger charge is 2.33. The number of aliphatic carboxylic acids is 1. The number of hydrogen-bond donors (Lipinski definition) is 1. The van der Waals surface area contributed by atoms with E-state index in [4.69, 9.17) is 31.8 Å². The number of benzene rings is 1. The lowest BCUT2D eigenvalue weighted by atomic mass is 10.1. The molecule has 3 aliphatic rings. The van der Waals surface area contributed by atoms with Gasteiger partial charge in [-0.1, -0.05) is 36.1 Å². The Bertz CT molecular complexity index is 1610. The van der Waals surface area contributed by atoms with Crippen molar-refractivity contribution in [3.63, 3.8) is 0 Å². The first-order chi connectivity index (χ1) is 19.4. The minimum atomic E-state index is -1.02. The fourth-order valence-corrected chi connectivity index (χ4v) is 6.20. The van der Waals surface area contributed by atoms with Crippen LogP contribution >= 0.6 is 24.0 Å². The quantitative estimate of drug-likeness (QED) is 0.329. The molecule has 1 N–H and O–H groups in total. The summed E-state index contributed by atoms with van der Waals surface area (Å²) in [5.41, 5.74) is 1.65. The number of thiocarbonyl (C=S) groups is 1. The van der Waals surface area contributed by atoms with Crippen LogP contribution in [0.4, 0.5) is 5.82 Å². The summed E-state index contributed by atoms with van der Waals surface area (Å²) < 4.78 is 12.6. The number of carboxylic acid groups (broad SMARTS) is 1. The third-order valence-electron chi connectivity index (χ3n) is 6.96. The highest BCUT2D eigenvalue weighted by molar-refractivity contribution is 8.26. The number of anilines is 1. The number of fused-ring (bicyclic) bond motifs is 2. The monoisotopic (exact) mass is 579 g/mol. The van der Waals surface area contributed by atoms with Gasteiger partial charge in [0.15, 0.2) is 11.5 Å². The third kappa shape index (κ3) is 5.15. The van der Waals surface area contributed by atoms with Crippen molar-refractivity contribution in [3.05, 3.63) is 69.0 Å². The van der Waals surface area contributed by atoms with Crippen LogP contribution in [0, 0.1) is 0 Å². The van der Waals surface area contributed by atoms with Gasteiger partial charge in [-0.2, -0.15) is 0 Å². The average Bonchev–Trinajstić information content (AvgIpc) is 3.52. The molecule has 1 amide bonds. The van der Waals surface area contributed by atoms with Crippen molar-refractivity contribution in [1.29, 1.82) is 0 Å². The Balaban J connectivity index is 1.26. The van der Waals surface area contributed by atoms with Gasteiger partial charge in [-0.05, 0) is 35.9 Å². The third-order valence-corrected chi connectivity index (χ3v) is 8.34. The predicted octanol–water partition coefficient (Wildman–Crippen LogP) is 2.42. The van der Waals surface area contributed by atoms with Crippen molar-refractivity contribution >= 4 is 57.7 Å². The molecule has 0 spiro atoms. The minimum absolute atomic E-state index is 0.0233. The molecule has 2 fully saturated rings. The fourth-order valence-electron chi connectivity index (χ4n) is 4.91. The molecule has 0 saturated carbocycles. The van der Waals surface area contributed by atoms with E-state index in [0.29, 0.717) is 30.1 Å². The maximum absolute atomic E-state index is 13.6. The van der Waals surface area contributed by atoms with Gasteiger partial charge in [0.2, 0.25) is 6.79 Å². The van der Waals surface area contributed by atoms with Gasteiger partial charge in [-0.25, -0.2) is 4.98 Å². The van der Waals surface area contributed by atoms with Gasteiger partial charge in [0.05, 0.1) is 16.9 Å². The molecule has 3 aromatic rings. The van der Waals surface area contributed by atoms with Crippen LogP contribution in [0.2, 0.25) is 0 Å². The lowest BCUT2D eigenvalue weighted by Gasteiger charge is -2.36. The summed E-state index contributed by atoms with van der Waals surface area (Å²) in [6.07, 6.45) is 2.97. The zero-order chi connectivity index (χ0) is 27.8. The average molecular weight is 580 g/mol. The summed E-state index contributed by atoms with van der Waals surface area (Å²) in [4.78, 5) is 48.5. The van der Waals surface area contributed by atoms with Gasteiger partial charge < -0.3 is 19.5 Å². The number of hydrogen-bond acceptors (Lipinski definition) is 10. The Morgan fingerprint density at radius 3 is 2.70 bits per heavy atom. The number of aromatic nitrogens is 2. The Kier molecular flexibility index (Phi) is 7.17. The molecule has 206 valence electrons. The molecule has 2 saturated heterocycles. The molecule has 3 aliphatic heterocycles. The van der Waals surface area contributed by atoms with Crippen LogP contribution in [0.5, 0.6) is 11.5 Å². The summed E-state index contributed by atoms with van der Waals surface area (Å²) in [5.74, 6) is 0.599. The van der Waals surface area contributed by atoms with Gasteiger partial charge in [0.1, 0.15) is 15.8 Å². The standard InChI is InChI=1S/C27H25N5O6S2/c33-23(34)6-8-32-26(36)21(40-27(32)39)14-18-24(28-22-3-1-2-7-31(22)25(18)35)30-11-9-29(10-12-30)15-17-4-5-19-20(13-17)38-16-37-19/h1-5,7,13-14H,6,8-12,15-16H2,(H,33,34). The zero-order valence-electron chi connectivity index (χ0n) is 21.3. The minimum Gasteiger partial charge on any atom is -0.481 e. The number of amides is 1. The number of thioether (sulfide) groups is 1. The zero-order valence-corrected chi connectivity index (χ0v) is 22.9. The number of rotatable bonds is 7. The molecule has 0 atom stereocenters. The van der Waals surface area contributed by atoms with Crippen LogP contribution in [0.25, 0.3) is 11.7 Å². The van der Waals surface area contributed by atoms with Crippen molar-refractivity contribution in [3.8, 4) is 11.5 Å². The Morgan fingerprint density at radius 2 is 1.90 bits per heavy atom. The van der Waals surface area contributed by atoms with Crippen LogP contribution in [0.3, 0.4) is 0 Å². The Labute approximate surface area is 238 Å². The van der Waals surface area contributed by atoms with Gasteiger partial charge in [0, 0.05) is 45.5 Å². The molecule has 5 heterocycles. The van der Waals surface area contributed by atoms with Crippen LogP contribution in [-0.4, -0.2) is 80.0 Å². The molecule has 1 aromatic carbocycles. The van der Waals surface area contributed by atoms with E-state index in [-0.39, 0.29) is 34.5 Å². The fraction of sp³-hybridized carbons (Fsp3) is 0.296. The van der Waals surface area contributed by atoms with Crippen molar-refractivity contribution in [2.24, 2.45) is 0 Å². The Morgan fingerprint density at radius 1 is 1.10 bits per heavy atom. The summed E-state index contributed by atoms with van der Waals surface area (Å²) in [5, 5.41) is 9.03. The van der Waals surface area contributed by atoms with E-state index in [1.807, 2.05) is 24.3 Å². The first kappa shape index (κ1) is 26.3. The van der Waals surface area contributed by atoms with Crippen LogP contribution < -0.4 is 19.9 Å². The van der Waals surface area contributed by atoms with Crippen LogP contribution in [0.15, 0.2) is 52.3 Å². The van der Waals surface area contributed by atoms with Crippen molar-refractivity contribution in [1.82, 2.24) is 19.2 Å². The van der Waals surface area contributed by atoms with Crippen molar-refractivity contribution in [2.45, 2.75) is 13.0 Å². The molecule has 0 bridgehead atoms. The molecule has 2 aromatic heterocycles. The second-order valence-corrected chi connectivity index (χ2v) is 11.2. The van der Waals surface area contributed by atoms with E-state index in [9.17, 15) is 14.4 Å². The number of pyridine rings is 1. The normalized spacial score (nSPS) is 18.4. The Hall–Kier alpha value is -3.94. The molecule has 11 nitrogen and oxygen atoms in total. The molecule has 0 aliphatic carbocycles. The largest absolute Gasteiger partial charge is 0.481 e. The topological polar surface area (TPSA) is 117 Å². The van der Waals surface area contributed by atoms with Crippen molar-refractivity contribution in [2.75, 3.05) is 44.4 Å². The lowest BCUT2D eigenvalue weighted by molar-refractivity contribution is -0.137. The van der Waals surface area contributed by atoms with E-state index in [0.717, 1.165) is 48.5 Å². The number of carbonyl (C=O) groups excluding carboxylic acids is 1. The molecule has 13 heteroatoms. The van der Waals surface area contributed by atoms with E-state index >= 15 is 0 Å². The smallest absolute Gasteiger partial charge is 0.305 e. The predicted molar refractivity (Wildman–Crippen MR) is 154 cm³/mol. The highest BCUT2D eigenvalue weighted by Crippen LogP contribution is 2.35. The number of ether oxygens (including phenoxy) is 2. The first-order valence-electron chi connectivity index (χ1n) is 12.7. The van der Waals surface area contributed by atoms with E-state index in [1.165, 1.54) is 9.30 Å². The van der Waals surface area contributed by atoms with Crippen molar-refractivity contribution < 1.29 is 24.2 Å².